The maximum absolute atomic E-state index is 11.7. The van der Waals surface area contributed by atoms with Gasteiger partial charge in [-0.25, -0.2) is 17.7 Å². The molecule has 0 aliphatic carbocycles. The largest absolute Gasteiger partial charge is 0.361 e. The van der Waals surface area contributed by atoms with Crippen molar-refractivity contribution in [2.45, 2.75) is 6.92 Å². The molecule has 0 radical (unpaired) electrons. The Hall–Kier alpha value is -1.44. The number of hydrogen-bond donors (Lipinski definition) is 1. The van der Waals surface area contributed by atoms with Crippen molar-refractivity contribution in [3.63, 3.8) is 0 Å². The van der Waals surface area contributed by atoms with Crippen LogP contribution in [0.2, 0.25) is 0 Å². The number of nitrogens with one attached hydrogen (secondary N) is 1. The molecule has 1 saturated heterocycles. The van der Waals surface area contributed by atoms with Gasteiger partial charge in [0.05, 0.1) is 11.4 Å². The molecule has 3 rings (SSSR count). The third-order valence-corrected chi connectivity index (χ3v) is 6.41. The van der Waals surface area contributed by atoms with Crippen LogP contribution in [0.3, 0.4) is 0 Å². The van der Waals surface area contributed by atoms with E-state index in [1.807, 2.05) is 35.7 Å². The van der Waals surface area contributed by atoms with Gasteiger partial charge in [0.25, 0.3) is 0 Å². The summed E-state index contributed by atoms with van der Waals surface area (Å²) in [5.74, 6) is 0.547. The van der Waals surface area contributed by atoms with Crippen LogP contribution in [0.5, 0.6) is 0 Å². The first-order chi connectivity index (χ1) is 10.6. The lowest BCUT2D eigenvalue weighted by atomic mass is 10.0. The number of thiazole rings is 1. The van der Waals surface area contributed by atoms with Crippen LogP contribution >= 0.6 is 11.3 Å². The molecule has 5 nitrogen and oxygen atoms in total. The summed E-state index contributed by atoms with van der Waals surface area (Å²) >= 11 is 1.58. The number of rotatable bonds is 6. The summed E-state index contributed by atoms with van der Waals surface area (Å²) in [6.07, 6.45) is 0. The van der Waals surface area contributed by atoms with E-state index in [1.165, 1.54) is 0 Å². The van der Waals surface area contributed by atoms with Crippen LogP contribution in [0.25, 0.3) is 11.3 Å². The molecule has 0 amide bonds. The summed E-state index contributed by atoms with van der Waals surface area (Å²) < 4.78 is 24.9. The highest BCUT2D eigenvalue weighted by Crippen LogP contribution is 2.26. The average molecular weight is 337 g/mol. The Kier molecular flexibility index (Phi) is 4.46. The quantitative estimate of drug-likeness (QED) is 0.880. The molecule has 0 spiro atoms. The molecule has 22 heavy (non-hydrogen) atoms. The van der Waals surface area contributed by atoms with Crippen LogP contribution in [0, 0.1) is 5.92 Å². The minimum atomic E-state index is -3.02. The first-order valence-corrected chi connectivity index (χ1v) is 9.80. The van der Waals surface area contributed by atoms with Gasteiger partial charge >= 0.3 is 0 Å². The Balaban J connectivity index is 1.51. The molecule has 1 aromatic carbocycles. The van der Waals surface area contributed by atoms with Gasteiger partial charge < -0.3 is 5.32 Å². The third kappa shape index (κ3) is 3.31. The molecule has 7 heteroatoms. The highest BCUT2D eigenvalue weighted by molar-refractivity contribution is 7.89. The lowest BCUT2D eigenvalue weighted by Gasteiger charge is -2.37. The summed E-state index contributed by atoms with van der Waals surface area (Å²) in [5, 5.41) is 6.23. The number of benzene rings is 1. The van der Waals surface area contributed by atoms with Crippen molar-refractivity contribution >= 4 is 26.5 Å². The molecule has 0 saturated carbocycles. The molecular formula is C15H19N3O2S2. The predicted molar refractivity (Wildman–Crippen MR) is 90.6 cm³/mol. The number of anilines is 1. The highest BCUT2D eigenvalue weighted by Gasteiger charge is 2.34. The van der Waals surface area contributed by atoms with Gasteiger partial charge in [-0.15, -0.1) is 11.3 Å². The Labute approximate surface area is 135 Å². The Morgan fingerprint density at radius 3 is 2.73 bits per heavy atom. The minimum absolute atomic E-state index is 0.181. The zero-order chi connectivity index (χ0) is 15.6. The standard InChI is InChI=1S/C15H19N3O2S2/c1-2-22(19,20)18-9-12(10-18)8-16-15-17-14(11-21-15)13-6-4-3-5-7-13/h3-7,11-12H,2,8-10H2,1H3,(H,16,17). The van der Waals surface area contributed by atoms with Crippen molar-refractivity contribution in [3.05, 3.63) is 35.7 Å². The Morgan fingerprint density at radius 2 is 2.05 bits per heavy atom. The number of sulfonamides is 1. The molecule has 2 aromatic rings. The average Bonchev–Trinajstić information content (AvgIpc) is 2.95. The molecule has 0 bridgehead atoms. The molecule has 2 heterocycles. The van der Waals surface area contributed by atoms with Crippen molar-refractivity contribution in [1.29, 1.82) is 0 Å². The lowest BCUT2D eigenvalue weighted by Crippen LogP contribution is -2.52. The summed E-state index contributed by atoms with van der Waals surface area (Å²) in [4.78, 5) is 4.57. The Morgan fingerprint density at radius 1 is 1.32 bits per heavy atom. The van der Waals surface area contributed by atoms with E-state index in [9.17, 15) is 8.42 Å². The lowest BCUT2D eigenvalue weighted by molar-refractivity contribution is 0.212. The molecule has 0 unspecified atom stereocenters. The van der Waals surface area contributed by atoms with Gasteiger partial charge in [0.15, 0.2) is 5.13 Å². The molecular weight excluding hydrogens is 318 g/mol. The van der Waals surface area contributed by atoms with Gasteiger partial charge in [-0.05, 0) is 6.92 Å². The molecule has 1 aromatic heterocycles. The smallest absolute Gasteiger partial charge is 0.213 e. The van der Waals surface area contributed by atoms with Crippen LogP contribution in [0.4, 0.5) is 5.13 Å². The normalized spacial score (nSPS) is 16.4. The number of aromatic nitrogens is 1. The predicted octanol–water partition coefficient (Wildman–Crippen LogP) is 2.50. The maximum atomic E-state index is 11.7. The van der Waals surface area contributed by atoms with Gasteiger partial charge in [0.1, 0.15) is 0 Å². The second-order valence-electron chi connectivity index (χ2n) is 5.37. The van der Waals surface area contributed by atoms with Crippen molar-refractivity contribution in [1.82, 2.24) is 9.29 Å². The monoisotopic (exact) mass is 337 g/mol. The van der Waals surface area contributed by atoms with E-state index in [1.54, 1.807) is 22.6 Å². The van der Waals surface area contributed by atoms with E-state index in [0.29, 0.717) is 19.0 Å². The fraction of sp³-hybridized carbons (Fsp3) is 0.400. The zero-order valence-electron chi connectivity index (χ0n) is 12.4. The zero-order valence-corrected chi connectivity index (χ0v) is 14.0. The van der Waals surface area contributed by atoms with Gasteiger partial charge in [-0.1, -0.05) is 30.3 Å². The highest BCUT2D eigenvalue weighted by atomic mass is 32.2. The van der Waals surface area contributed by atoms with E-state index in [4.69, 9.17) is 0 Å². The van der Waals surface area contributed by atoms with Crippen molar-refractivity contribution < 1.29 is 8.42 Å². The van der Waals surface area contributed by atoms with Crippen LogP contribution in [-0.4, -0.2) is 43.1 Å². The van der Waals surface area contributed by atoms with Crippen molar-refractivity contribution in [3.8, 4) is 11.3 Å². The fourth-order valence-corrected chi connectivity index (χ4v) is 4.36. The van der Waals surface area contributed by atoms with Crippen LogP contribution in [-0.2, 0) is 10.0 Å². The second kappa shape index (κ2) is 6.36. The summed E-state index contributed by atoms with van der Waals surface area (Å²) in [6, 6.07) is 10.1. The molecule has 1 aliphatic rings. The van der Waals surface area contributed by atoms with E-state index in [0.717, 1.165) is 22.9 Å². The second-order valence-corrected chi connectivity index (χ2v) is 8.48. The summed E-state index contributed by atoms with van der Waals surface area (Å²) in [5.41, 5.74) is 2.08. The van der Waals surface area contributed by atoms with E-state index in [-0.39, 0.29) is 5.75 Å². The summed E-state index contributed by atoms with van der Waals surface area (Å²) in [7, 11) is -3.02. The molecule has 1 aliphatic heterocycles. The first kappa shape index (κ1) is 15.5. The molecule has 1 N–H and O–H groups in total. The van der Waals surface area contributed by atoms with Crippen molar-refractivity contribution in [2.75, 3.05) is 30.7 Å². The summed E-state index contributed by atoms with van der Waals surface area (Å²) in [6.45, 7) is 3.67. The topological polar surface area (TPSA) is 62.3 Å². The minimum Gasteiger partial charge on any atom is -0.361 e. The molecule has 118 valence electrons. The fourth-order valence-electron chi connectivity index (χ4n) is 2.39. The van der Waals surface area contributed by atoms with Gasteiger partial charge in [-0.3, -0.25) is 0 Å². The van der Waals surface area contributed by atoms with Crippen LogP contribution < -0.4 is 5.32 Å². The van der Waals surface area contributed by atoms with Crippen molar-refractivity contribution in [2.24, 2.45) is 5.92 Å². The van der Waals surface area contributed by atoms with E-state index >= 15 is 0 Å². The number of nitrogens with zero attached hydrogens (tertiary/aromatic N) is 2. The van der Waals surface area contributed by atoms with Crippen LogP contribution in [0.1, 0.15) is 6.92 Å². The van der Waals surface area contributed by atoms with Gasteiger partial charge in [0.2, 0.25) is 10.0 Å². The van der Waals surface area contributed by atoms with Gasteiger partial charge in [-0.2, -0.15) is 0 Å². The third-order valence-electron chi connectivity index (χ3n) is 3.80. The van der Waals surface area contributed by atoms with Gasteiger partial charge in [0, 0.05) is 36.5 Å². The number of hydrogen-bond acceptors (Lipinski definition) is 5. The Bertz CT molecular complexity index is 722. The first-order valence-electron chi connectivity index (χ1n) is 7.31. The molecule has 1 fully saturated rings. The molecule has 0 atom stereocenters. The van der Waals surface area contributed by atoms with Crippen LogP contribution in [0.15, 0.2) is 35.7 Å². The maximum Gasteiger partial charge on any atom is 0.213 e. The van der Waals surface area contributed by atoms with E-state index < -0.39 is 10.0 Å². The SMILES string of the molecule is CCS(=O)(=O)N1CC(CNc2nc(-c3ccccc3)cs2)C1. The van der Waals surface area contributed by atoms with E-state index in [2.05, 4.69) is 10.3 Å².